The first kappa shape index (κ1) is 18.1. The zero-order valence-corrected chi connectivity index (χ0v) is 14.5. The number of methoxy groups -OCH3 is 1. The lowest BCUT2D eigenvalue weighted by molar-refractivity contribution is 0.0600. The highest BCUT2D eigenvalue weighted by molar-refractivity contribution is 6.02. The molecule has 0 bridgehead atoms. The predicted molar refractivity (Wildman–Crippen MR) is 96.9 cm³/mol. The first-order valence-electron chi connectivity index (χ1n) is 8.05. The molecule has 27 heavy (non-hydrogen) atoms. The minimum atomic E-state index is -0.436. The molecule has 0 aliphatic carbocycles. The highest BCUT2D eigenvalue weighted by atomic mass is 16.5. The number of anilines is 1. The Labute approximate surface area is 155 Å². The largest absolute Gasteiger partial charge is 0.508 e. The van der Waals surface area contributed by atoms with E-state index in [1.165, 1.54) is 25.3 Å². The van der Waals surface area contributed by atoms with Gasteiger partial charge in [-0.2, -0.15) is 0 Å². The molecule has 7 heteroatoms. The lowest BCUT2D eigenvalue weighted by Crippen LogP contribution is -2.10. The summed E-state index contributed by atoms with van der Waals surface area (Å²) in [7, 11) is 1.32. The van der Waals surface area contributed by atoms with Crippen LogP contribution in [0.1, 0.15) is 26.7 Å². The number of benzene rings is 2. The van der Waals surface area contributed by atoms with E-state index in [-0.39, 0.29) is 18.1 Å². The van der Waals surface area contributed by atoms with Crippen LogP contribution in [-0.2, 0) is 11.3 Å². The Morgan fingerprint density at radius 1 is 1.07 bits per heavy atom. The minimum absolute atomic E-state index is 0.0551. The van der Waals surface area contributed by atoms with Crippen LogP contribution in [-0.4, -0.2) is 24.1 Å². The van der Waals surface area contributed by atoms with Gasteiger partial charge in [-0.15, -0.1) is 0 Å². The summed E-state index contributed by atoms with van der Waals surface area (Å²) in [4.78, 5) is 23.6. The maximum atomic E-state index is 12.2. The lowest BCUT2D eigenvalue weighted by atomic mass is 10.2. The number of carbonyl (C=O) groups excluding carboxylic acids is 2. The summed E-state index contributed by atoms with van der Waals surface area (Å²) in [6.07, 6.45) is 0. The maximum absolute atomic E-state index is 12.2. The summed E-state index contributed by atoms with van der Waals surface area (Å²) in [5, 5.41) is 12.1. The Kier molecular flexibility index (Phi) is 5.41. The number of aromatic hydroxyl groups is 1. The second-order valence-corrected chi connectivity index (χ2v) is 5.58. The summed E-state index contributed by atoms with van der Waals surface area (Å²) in [5.74, 6) is 0.333. The van der Waals surface area contributed by atoms with Crippen molar-refractivity contribution in [1.29, 1.82) is 0 Å². The average molecular weight is 367 g/mol. The van der Waals surface area contributed by atoms with E-state index in [9.17, 15) is 14.7 Å². The van der Waals surface area contributed by atoms with Crippen molar-refractivity contribution in [2.24, 2.45) is 0 Å². The lowest BCUT2D eigenvalue weighted by Gasteiger charge is -2.05. The molecule has 7 nitrogen and oxygen atoms in total. The molecule has 1 heterocycles. The number of hydrogen-bond donors (Lipinski definition) is 2. The fraction of sp³-hybridized carbons (Fsp3) is 0.100. The number of nitrogens with one attached hydrogen (secondary N) is 1. The SMILES string of the molecule is COC(=O)c1ccc(OCc2ccc(C(=O)Nc3cccc(O)c3)o2)cc1. The first-order valence-corrected chi connectivity index (χ1v) is 8.05. The zero-order valence-electron chi connectivity index (χ0n) is 14.5. The van der Waals surface area contributed by atoms with Crippen molar-refractivity contribution in [3.05, 3.63) is 77.7 Å². The van der Waals surface area contributed by atoms with Crippen LogP contribution in [0.3, 0.4) is 0 Å². The fourth-order valence-corrected chi connectivity index (χ4v) is 2.31. The number of phenolic OH excluding ortho intramolecular Hbond substituents is 1. The molecule has 2 N–H and O–H groups in total. The minimum Gasteiger partial charge on any atom is -0.508 e. The number of hydrogen-bond acceptors (Lipinski definition) is 6. The fourth-order valence-electron chi connectivity index (χ4n) is 2.31. The van der Waals surface area contributed by atoms with E-state index < -0.39 is 11.9 Å². The molecule has 0 aliphatic heterocycles. The molecule has 138 valence electrons. The van der Waals surface area contributed by atoms with Crippen molar-refractivity contribution < 1.29 is 28.6 Å². The van der Waals surface area contributed by atoms with Gasteiger partial charge >= 0.3 is 5.97 Å². The summed E-state index contributed by atoms with van der Waals surface area (Å²) < 4.78 is 15.7. The topological polar surface area (TPSA) is 98.0 Å². The normalized spacial score (nSPS) is 10.3. The molecule has 0 unspecified atom stereocenters. The number of phenols is 1. The van der Waals surface area contributed by atoms with E-state index in [2.05, 4.69) is 10.1 Å². The number of esters is 1. The summed E-state index contributed by atoms with van der Waals surface area (Å²) >= 11 is 0. The summed E-state index contributed by atoms with van der Waals surface area (Å²) in [5.41, 5.74) is 0.883. The Balaban J connectivity index is 1.57. The molecule has 0 radical (unpaired) electrons. The van der Waals surface area contributed by atoms with Crippen LogP contribution in [0.25, 0.3) is 0 Å². The Morgan fingerprint density at radius 2 is 1.85 bits per heavy atom. The van der Waals surface area contributed by atoms with Crippen molar-refractivity contribution in [3.8, 4) is 11.5 Å². The van der Waals surface area contributed by atoms with Gasteiger partial charge in [-0.3, -0.25) is 4.79 Å². The van der Waals surface area contributed by atoms with Crippen molar-refractivity contribution >= 4 is 17.6 Å². The third kappa shape index (κ3) is 4.66. The van der Waals surface area contributed by atoms with Gasteiger partial charge in [0.1, 0.15) is 23.9 Å². The molecular weight excluding hydrogens is 350 g/mol. The second kappa shape index (κ2) is 8.09. The van der Waals surface area contributed by atoms with Crippen LogP contribution in [0.2, 0.25) is 0 Å². The van der Waals surface area contributed by atoms with Gasteiger partial charge in [0.05, 0.1) is 12.7 Å². The quantitative estimate of drug-likeness (QED) is 0.646. The molecule has 0 spiro atoms. The number of amides is 1. The molecule has 0 saturated heterocycles. The zero-order chi connectivity index (χ0) is 19.2. The molecule has 0 saturated carbocycles. The van der Waals surface area contributed by atoms with E-state index >= 15 is 0 Å². The van der Waals surface area contributed by atoms with Gasteiger partial charge in [0.15, 0.2) is 5.76 Å². The van der Waals surface area contributed by atoms with Crippen molar-refractivity contribution in [2.45, 2.75) is 6.61 Å². The van der Waals surface area contributed by atoms with Crippen LogP contribution >= 0.6 is 0 Å². The highest BCUT2D eigenvalue weighted by Crippen LogP contribution is 2.19. The average Bonchev–Trinajstić information content (AvgIpc) is 3.15. The van der Waals surface area contributed by atoms with E-state index in [0.29, 0.717) is 22.8 Å². The molecule has 0 aliphatic rings. The van der Waals surface area contributed by atoms with Gasteiger partial charge < -0.3 is 24.3 Å². The van der Waals surface area contributed by atoms with Gasteiger partial charge in [-0.05, 0) is 48.5 Å². The van der Waals surface area contributed by atoms with Crippen LogP contribution in [0.15, 0.2) is 65.1 Å². The van der Waals surface area contributed by atoms with Crippen LogP contribution in [0, 0.1) is 0 Å². The third-order valence-electron chi connectivity index (χ3n) is 3.65. The van der Waals surface area contributed by atoms with E-state index in [4.69, 9.17) is 9.15 Å². The maximum Gasteiger partial charge on any atom is 0.337 e. The smallest absolute Gasteiger partial charge is 0.337 e. The van der Waals surface area contributed by atoms with Crippen LogP contribution in [0.4, 0.5) is 5.69 Å². The van der Waals surface area contributed by atoms with Crippen LogP contribution in [0.5, 0.6) is 11.5 Å². The third-order valence-corrected chi connectivity index (χ3v) is 3.65. The molecule has 1 aromatic heterocycles. The molecule has 2 aromatic carbocycles. The number of carbonyl (C=O) groups is 2. The Morgan fingerprint density at radius 3 is 2.56 bits per heavy atom. The highest BCUT2D eigenvalue weighted by Gasteiger charge is 2.12. The molecular formula is C20H17NO6. The molecule has 1 amide bonds. The monoisotopic (exact) mass is 367 g/mol. The Hall–Kier alpha value is -3.74. The van der Waals surface area contributed by atoms with Gasteiger partial charge in [-0.25, -0.2) is 4.79 Å². The number of furan rings is 1. The van der Waals surface area contributed by atoms with Crippen molar-refractivity contribution in [3.63, 3.8) is 0 Å². The predicted octanol–water partition coefficient (Wildman–Crippen LogP) is 3.60. The van der Waals surface area contributed by atoms with E-state index in [1.807, 2.05) is 0 Å². The first-order chi connectivity index (χ1) is 13.0. The summed E-state index contributed by atoms with van der Waals surface area (Å²) in [6, 6.07) is 15.9. The summed E-state index contributed by atoms with van der Waals surface area (Å²) in [6.45, 7) is 0.122. The molecule has 3 aromatic rings. The van der Waals surface area contributed by atoms with Crippen molar-refractivity contribution in [2.75, 3.05) is 12.4 Å². The number of rotatable bonds is 6. The second-order valence-electron chi connectivity index (χ2n) is 5.58. The van der Waals surface area contributed by atoms with Gasteiger partial charge in [0.25, 0.3) is 5.91 Å². The molecule has 0 fully saturated rings. The van der Waals surface area contributed by atoms with Crippen molar-refractivity contribution in [1.82, 2.24) is 0 Å². The number of ether oxygens (including phenoxy) is 2. The van der Waals surface area contributed by atoms with Gasteiger partial charge in [0.2, 0.25) is 0 Å². The van der Waals surface area contributed by atoms with Gasteiger partial charge in [0, 0.05) is 11.8 Å². The van der Waals surface area contributed by atoms with E-state index in [1.54, 1.807) is 42.5 Å². The van der Waals surface area contributed by atoms with Gasteiger partial charge in [-0.1, -0.05) is 6.07 Å². The molecule has 3 rings (SSSR count). The van der Waals surface area contributed by atoms with Crippen LogP contribution < -0.4 is 10.1 Å². The Bertz CT molecular complexity index is 945. The standard InChI is InChI=1S/C20H17NO6/c1-25-20(24)13-5-7-16(8-6-13)26-12-17-9-10-18(27-17)19(23)21-14-3-2-4-15(22)11-14/h2-11,22H,12H2,1H3,(H,21,23). The van der Waals surface area contributed by atoms with E-state index in [0.717, 1.165) is 0 Å². The molecule has 0 atom stereocenters.